The van der Waals surface area contributed by atoms with Gasteiger partial charge >= 0.3 is 0 Å². The van der Waals surface area contributed by atoms with E-state index in [4.69, 9.17) is 14.2 Å². The fourth-order valence-corrected chi connectivity index (χ4v) is 5.13. The van der Waals surface area contributed by atoms with Crippen molar-refractivity contribution in [3.05, 3.63) is 58.3 Å². The van der Waals surface area contributed by atoms with Crippen molar-refractivity contribution in [3.63, 3.8) is 0 Å². The molecule has 0 unspecified atom stereocenters. The quantitative estimate of drug-likeness (QED) is 0.499. The van der Waals surface area contributed by atoms with E-state index in [1.54, 1.807) is 33.5 Å². The monoisotopic (exact) mass is 485 g/mol. The maximum absolute atomic E-state index is 13.2. The molecule has 0 atom stereocenters. The Kier molecular flexibility index (Phi) is 7.33. The number of aromatic nitrogens is 1. The Bertz CT molecular complexity index is 1160. The summed E-state index contributed by atoms with van der Waals surface area (Å²) in [6.07, 6.45) is 0. The molecule has 1 aliphatic rings. The molecule has 3 aromatic rings. The number of hydrogen-bond acceptors (Lipinski definition) is 7. The van der Waals surface area contributed by atoms with Crippen LogP contribution in [0.15, 0.2) is 36.4 Å². The lowest BCUT2D eigenvalue weighted by atomic mass is 10.1. The fourth-order valence-electron chi connectivity index (χ4n) is 4.09. The van der Waals surface area contributed by atoms with Crippen LogP contribution in [-0.4, -0.2) is 68.2 Å². The molecular formula is C25H28FN3O4S. The predicted molar refractivity (Wildman–Crippen MR) is 130 cm³/mol. The van der Waals surface area contributed by atoms with Gasteiger partial charge in [0.1, 0.15) is 15.7 Å². The third kappa shape index (κ3) is 4.85. The predicted octanol–water partition coefficient (Wildman–Crippen LogP) is 4.24. The summed E-state index contributed by atoms with van der Waals surface area (Å²) in [7, 11) is 4.81. The number of carbonyl (C=O) groups is 1. The summed E-state index contributed by atoms with van der Waals surface area (Å²) >= 11 is 1.36. The standard InChI is InChI=1S/C25H28FN3O4S/c1-16-23(34-24(27-16)17-5-8-19(26)9-6-17)25(30)29-13-11-28(12-14-29)15-18-7-10-20(31-2)22(33-4)21(18)32-3/h5-10H,11-15H2,1-4H3. The van der Waals surface area contributed by atoms with Crippen LogP contribution < -0.4 is 14.2 Å². The van der Waals surface area contributed by atoms with Crippen molar-refractivity contribution in [2.75, 3.05) is 47.5 Å². The van der Waals surface area contributed by atoms with Crippen molar-refractivity contribution in [3.8, 4) is 27.8 Å². The highest BCUT2D eigenvalue weighted by Gasteiger charge is 2.27. The molecule has 0 aliphatic carbocycles. The minimum absolute atomic E-state index is 0.00768. The first-order valence-corrected chi connectivity index (χ1v) is 11.8. The molecule has 1 aliphatic heterocycles. The smallest absolute Gasteiger partial charge is 0.265 e. The van der Waals surface area contributed by atoms with Crippen LogP contribution >= 0.6 is 11.3 Å². The summed E-state index contributed by atoms with van der Waals surface area (Å²) in [5, 5.41) is 0.722. The van der Waals surface area contributed by atoms with Gasteiger partial charge in [0.2, 0.25) is 5.75 Å². The molecule has 1 saturated heterocycles. The number of halogens is 1. The molecule has 2 heterocycles. The Balaban J connectivity index is 1.42. The highest BCUT2D eigenvalue weighted by Crippen LogP contribution is 2.40. The number of carbonyl (C=O) groups excluding carboxylic acids is 1. The Hall–Kier alpha value is -3.17. The van der Waals surface area contributed by atoms with E-state index in [-0.39, 0.29) is 11.7 Å². The van der Waals surface area contributed by atoms with Crippen LogP contribution in [0.2, 0.25) is 0 Å². The summed E-state index contributed by atoms with van der Waals surface area (Å²) < 4.78 is 29.7. The zero-order valence-corrected chi connectivity index (χ0v) is 20.6. The Labute approximate surface area is 202 Å². The van der Waals surface area contributed by atoms with Crippen molar-refractivity contribution in [2.24, 2.45) is 0 Å². The summed E-state index contributed by atoms with van der Waals surface area (Å²) in [6.45, 7) is 5.25. The van der Waals surface area contributed by atoms with Crippen LogP contribution in [0.25, 0.3) is 10.6 Å². The highest BCUT2D eigenvalue weighted by atomic mass is 32.1. The van der Waals surface area contributed by atoms with Gasteiger partial charge in [-0.15, -0.1) is 11.3 Å². The summed E-state index contributed by atoms with van der Waals surface area (Å²) in [6, 6.07) is 10.0. The van der Waals surface area contributed by atoms with Gasteiger partial charge in [0, 0.05) is 43.9 Å². The maximum atomic E-state index is 13.2. The Morgan fingerprint density at radius 3 is 2.26 bits per heavy atom. The van der Waals surface area contributed by atoms with Crippen LogP contribution in [0.3, 0.4) is 0 Å². The van der Waals surface area contributed by atoms with E-state index in [2.05, 4.69) is 9.88 Å². The largest absolute Gasteiger partial charge is 0.493 e. The number of benzene rings is 2. The van der Waals surface area contributed by atoms with E-state index < -0.39 is 0 Å². The van der Waals surface area contributed by atoms with Gasteiger partial charge in [0.25, 0.3) is 5.91 Å². The van der Waals surface area contributed by atoms with Crippen molar-refractivity contribution < 1.29 is 23.4 Å². The molecule has 2 aromatic carbocycles. The van der Waals surface area contributed by atoms with Gasteiger partial charge in [0.05, 0.1) is 27.0 Å². The van der Waals surface area contributed by atoms with E-state index in [1.165, 1.54) is 23.5 Å². The molecule has 0 radical (unpaired) electrons. The molecule has 4 rings (SSSR count). The Morgan fingerprint density at radius 1 is 0.971 bits per heavy atom. The van der Waals surface area contributed by atoms with E-state index in [9.17, 15) is 9.18 Å². The number of thiazole rings is 1. The fraction of sp³-hybridized carbons (Fsp3) is 0.360. The van der Waals surface area contributed by atoms with Gasteiger partial charge in [-0.2, -0.15) is 0 Å². The van der Waals surface area contributed by atoms with Crippen LogP contribution in [-0.2, 0) is 6.54 Å². The molecule has 1 aromatic heterocycles. The number of ether oxygens (including phenoxy) is 3. The minimum Gasteiger partial charge on any atom is -0.493 e. The third-order valence-electron chi connectivity index (χ3n) is 5.92. The van der Waals surface area contributed by atoms with Crippen LogP contribution in [0.4, 0.5) is 4.39 Å². The van der Waals surface area contributed by atoms with Gasteiger partial charge in [-0.05, 0) is 37.3 Å². The van der Waals surface area contributed by atoms with Gasteiger partial charge in [-0.25, -0.2) is 9.37 Å². The molecule has 0 N–H and O–H groups in total. The normalized spacial score (nSPS) is 14.2. The second kappa shape index (κ2) is 10.4. The van der Waals surface area contributed by atoms with E-state index in [0.717, 1.165) is 29.2 Å². The van der Waals surface area contributed by atoms with Gasteiger partial charge in [-0.1, -0.05) is 6.07 Å². The van der Waals surface area contributed by atoms with E-state index in [1.807, 2.05) is 24.0 Å². The third-order valence-corrected chi connectivity index (χ3v) is 7.12. The number of amides is 1. The molecule has 7 nitrogen and oxygen atoms in total. The van der Waals surface area contributed by atoms with E-state index >= 15 is 0 Å². The van der Waals surface area contributed by atoms with Gasteiger partial charge in [-0.3, -0.25) is 9.69 Å². The summed E-state index contributed by atoms with van der Waals surface area (Å²) in [5.41, 5.74) is 2.51. The molecule has 180 valence electrons. The SMILES string of the molecule is COc1ccc(CN2CCN(C(=O)c3sc(-c4ccc(F)cc4)nc3C)CC2)c(OC)c1OC. The molecule has 1 fully saturated rings. The lowest BCUT2D eigenvalue weighted by Gasteiger charge is -2.35. The topological polar surface area (TPSA) is 64.1 Å². The molecule has 0 spiro atoms. The Morgan fingerprint density at radius 2 is 1.65 bits per heavy atom. The number of piperazine rings is 1. The zero-order valence-electron chi connectivity index (χ0n) is 19.8. The maximum Gasteiger partial charge on any atom is 0.265 e. The number of hydrogen-bond donors (Lipinski definition) is 0. The number of nitrogens with zero attached hydrogens (tertiary/aromatic N) is 3. The number of methoxy groups -OCH3 is 3. The van der Waals surface area contributed by atoms with Crippen molar-refractivity contribution in [2.45, 2.75) is 13.5 Å². The first-order chi connectivity index (χ1) is 16.4. The first kappa shape index (κ1) is 24.0. The molecule has 0 saturated carbocycles. The van der Waals surface area contributed by atoms with Crippen molar-refractivity contribution in [1.29, 1.82) is 0 Å². The van der Waals surface area contributed by atoms with Crippen LogP contribution in [0.1, 0.15) is 20.9 Å². The number of rotatable bonds is 7. The summed E-state index contributed by atoms with van der Waals surface area (Å²) in [5.74, 6) is 1.56. The van der Waals surface area contributed by atoms with Crippen LogP contribution in [0.5, 0.6) is 17.2 Å². The molecular weight excluding hydrogens is 457 g/mol. The molecule has 34 heavy (non-hydrogen) atoms. The lowest BCUT2D eigenvalue weighted by Crippen LogP contribution is -2.48. The van der Waals surface area contributed by atoms with Crippen molar-refractivity contribution >= 4 is 17.2 Å². The molecule has 0 bridgehead atoms. The second-order valence-electron chi connectivity index (χ2n) is 8.00. The average molecular weight is 486 g/mol. The zero-order chi connectivity index (χ0) is 24.2. The van der Waals surface area contributed by atoms with Crippen molar-refractivity contribution in [1.82, 2.24) is 14.8 Å². The minimum atomic E-state index is -0.295. The highest BCUT2D eigenvalue weighted by molar-refractivity contribution is 7.17. The van der Waals surface area contributed by atoms with Crippen LogP contribution in [0, 0.1) is 12.7 Å². The first-order valence-electron chi connectivity index (χ1n) is 11.0. The van der Waals surface area contributed by atoms with Gasteiger partial charge < -0.3 is 19.1 Å². The second-order valence-corrected chi connectivity index (χ2v) is 9.00. The summed E-state index contributed by atoms with van der Waals surface area (Å²) in [4.78, 5) is 22.5. The lowest BCUT2D eigenvalue weighted by molar-refractivity contribution is 0.0631. The molecule has 9 heteroatoms. The average Bonchev–Trinajstić information content (AvgIpc) is 3.25. The van der Waals surface area contributed by atoms with Gasteiger partial charge in [0.15, 0.2) is 11.5 Å². The number of aryl methyl sites for hydroxylation is 1. The van der Waals surface area contributed by atoms with E-state index in [0.29, 0.717) is 47.5 Å². The molecule has 1 amide bonds.